The summed E-state index contributed by atoms with van der Waals surface area (Å²) in [6.07, 6.45) is 1.80. The molecule has 0 aliphatic heterocycles. The van der Waals surface area contributed by atoms with Crippen molar-refractivity contribution in [3.05, 3.63) is 70.8 Å². The van der Waals surface area contributed by atoms with Gasteiger partial charge in [-0.25, -0.2) is 0 Å². The Morgan fingerprint density at radius 1 is 1.13 bits per heavy atom. The van der Waals surface area contributed by atoms with Gasteiger partial charge in [0, 0.05) is 12.1 Å². The van der Waals surface area contributed by atoms with Gasteiger partial charge in [0.15, 0.2) is 16.8 Å². The first-order chi connectivity index (χ1) is 14.4. The number of carbonyl (C=O) groups is 1. The molecule has 0 aliphatic rings. The number of hydrogen-bond acceptors (Lipinski definition) is 5. The maximum absolute atomic E-state index is 13.1. The van der Waals surface area contributed by atoms with Gasteiger partial charge in [-0.2, -0.15) is 0 Å². The third-order valence-corrected chi connectivity index (χ3v) is 6.32. The third kappa shape index (κ3) is 4.19. The molecule has 0 amide bonds. The fourth-order valence-electron chi connectivity index (χ4n) is 3.56. The topological polar surface area (TPSA) is 57.0 Å². The van der Waals surface area contributed by atoms with Gasteiger partial charge in [-0.05, 0) is 62.1 Å². The highest BCUT2D eigenvalue weighted by Gasteiger charge is 2.20. The first-order valence-corrected chi connectivity index (χ1v) is 10.8. The summed E-state index contributed by atoms with van der Waals surface area (Å²) in [5.41, 5.74) is 6.05. The first-order valence-electron chi connectivity index (χ1n) is 9.79. The Labute approximate surface area is 182 Å². The molecule has 3 aromatic rings. The van der Waals surface area contributed by atoms with E-state index >= 15 is 0 Å². The summed E-state index contributed by atoms with van der Waals surface area (Å²) in [7, 11) is 1.63. The van der Waals surface area contributed by atoms with Crippen LogP contribution in [0.4, 0.5) is 0 Å². The molecular weight excluding hydrogens is 394 g/mol. The summed E-state index contributed by atoms with van der Waals surface area (Å²) in [5, 5.41) is 9.42. The van der Waals surface area contributed by atoms with Gasteiger partial charge < -0.3 is 4.74 Å². The molecule has 1 aromatic heterocycles. The Morgan fingerprint density at radius 3 is 2.43 bits per heavy atom. The number of hydrogen-bond donors (Lipinski definition) is 0. The van der Waals surface area contributed by atoms with Crippen molar-refractivity contribution in [3.63, 3.8) is 0 Å². The second kappa shape index (κ2) is 9.30. The summed E-state index contributed by atoms with van der Waals surface area (Å²) in [6.45, 7) is 12.5. The molecule has 156 valence electrons. The van der Waals surface area contributed by atoms with Gasteiger partial charge >= 0.3 is 0 Å². The highest BCUT2D eigenvalue weighted by Crippen LogP contribution is 2.31. The van der Waals surface area contributed by atoms with Crippen LogP contribution in [0.1, 0.15) is 32.6 Å². The summed E-state index contributed by atoms with van der Waals surface area (Å²) < 4.78 is 7.44. The van der Waals surface area contributed by atoms with Crippen LogP contribution >= 0.6 is 11.8 Å². The van der Waals surface area contributed by atoms with E-state index < -0.39 is 0 Å². The van der Waals surface area contributed by atoms with Gasteiger partial charge in [0.25, 0.3) is 0 Å². The lowest BCUT2D eigenvalue weighted by Crippen LogP contribution is -2.11. The first kappa shape index (κ1) is 21.8. The number of methoxy groups -OCH3 is 1. The van der Waals surface area contributed by atoms with Crippen LogP contribution < -0.4 is 4.74 Å². The number of para-hydroxylation sites is 1. The zero-order valence-corrected chi connectivity index (χ0v) is 19.0. The highest BCUT2D eigenvalue weighted by molar-refractivity contribution is 7.99. The van der Waals surface area contributed by atoms with E-state index in [4.69, 9.17) is 4.74 Å². The summed E-state index contributed by atoms with van der Waals surface area (Å²) in [6, 6.07) is 9.83. The van der Waals surface area contributed by atoms with Gasteiger partial charge in [-0.15, -0.1) is 16.8 Å². The number of ketones is 1. The molecule has 0 radical (unpaired) electrons. The molecule has 6 heteroatoms. The normalized spacial score (nSPS) is 10.8. The number of nitrogens with zero attached hydrogens (tertiary/aromatic N) is 3. The predicted octanol–water partition coefficient (Wildman–Crippen LogP) is 5.35. The fourth-order valence-corrected chi connectivity index (χ4v) is 4.38. The molecular formula is C24H27N3O2S. The van der Waals surface area contributed by atoms with E-state index in [9.17, 15) is 4.79 Å². The summed E-state index contributed by atoms with van der Waals surface area (Å²) in [5.74, 6) is 1.82. The van der Waals surface area contributed by atoms with Crippen molar-refractivity contribution in [3.8, 4) is 17.1 Å². The van der Waals surface area contributed by atoms with E-state index in [1.54, 1.807) is 13.2 Å². The number of aryl methyl sites for hydroxylation is 2. The van der Waals surface area contributed by atoms with Crippen molar-refractivity contribution in [2.75, 3.05) is 12.9 Å². The van der Waals surface area contributed by atoms with Crippen LogP contribution in [0.15, 0.2) is 48.1 Å². The number of benzene rings is 2. The fraction of sp³-hybridized carbons (Fsp3) is 0.292. The average Bonchev–Trinajstić information content (AvgIpc) is 3.13. The molecule has 0 atom stereocenters. The number of Topliss-reactive ketones (excluding diaryl/α,β-unsaturated/α-hetero) is 1. The second-order valence-corrected chi connectivity index (χ2v) is 8.20. The van der Waals surface area contributed by atoms with Crippen molar-refractivity contribution >= 4 is 17.5 Å². The zero-order chi connectivity index (χ0) is 21.8. The monoisotopic (exact) mass is 421 g/mol. The van der Waals surface area contributed by atoms with E-state index in [1.165, 1.54) is 11.8 Å². The molecule has 0 bridgehead atoms. The maximum Gasteiger partial charge on any atom is 0.192 e. The van der Waals surface area contributed by atoms with Gasteiger partial charge in [0.1, 0.15) is 5.75 Å². The zero-order valence-electron chi connectivity index (χ0n) is 18.2. The standard InChI is InChI=1S/C24H27N3O2S/c1-7-12-27-23(19-10-8-9-11-21(19)29-6)25-26-24(27)30-14-20(28)22-17(4)15(2)13-16(3)18(22)5/h7-11,13H,1,12,14H2,2-6H3. The largest absolute Gasteiger partial charge is 0.496 e. The molecule has 0 aliphatic carbocycles. The Morgan fingerprint density at radius 2 is 1.80 bits per heavy atom. The molecule has 0 N–H and O–H groups in total. The minimum atomic E-state index is 0.105. The number of thioether (sulfide) groups is 1. The van der Waals surface area contributed by atoms with Crippen LogP contribution in [-0.2, 0) is 6.54 Å². The van der Waals surface area contributed by atoms with Crippen LogP contribution in [0.3, 0.4) is 0 Å². The van der Waals surface area contributed by atoms with Crippen molar-refractivity contribution in [2.45, 2.75) is 39.4 Å². The van der Waals surface area contributed by atoms with Crippen molar-refractivity contribution in [2.24, 2.45) is 0 Å². The summed E-state index contributed by atoms with van der Waals surface area (Å²) in [4.78, 5) is 13.1. The predicted molar refractivity (Wildman–Crippen MR) is 123 cm³/mol. The molecule has 0 saturated heterocycles. The van der Waals surface area contributed by atoms with E-state index in [1.807, 2.05) is 56.5 Å². The van der Waals surface area contributed by atoms with Crippen molar-refractivity contribution in [1.29, 1.82) is 0 Å². The Balaban J connectivity index is 1.91. The molecule has 0 saturated carbocycles. The minimum absolute atomic E-state index is 0.105. The molecule has 0 unspecified atom stereocenters. The van der Waals surface area contributed by atoms with Crippen LogP contribution in [-0.4, -0.2) is 33.4 Å². The molecule has 30 heavy (non-hydrogen) atoms. The van der Waals surface area contributed by atoms with Crippen LogP contribution in [0.5, 0.6) is 5.75 Å². The highest BCUT2D eigenvalue weighted by atomic mass is 32.2. The SMILES string of the molecule is C=CCn1c(SCC(=O)c2c(C)c(C)cc(C)c2C)nnc1-c1ccccc1OC. The van der Waals surface area contributed by atoms with Crippen LogP contribution in [0.25, 0.3) is 11.4 Å². The smallest absolute Gasteiger partial charge is 0.192 e. The number of carbonyl (C=O) groups excluding carboxylic acids is 1. The molecule has 5 nitrogen and oxygen atoms in total. The molecule has 0 spiro atoms. The molecule has 0 fully saturated rings. The van der Waals surface area contributed by atoms with Gasteiger partial charge in [-0.3, -0.25) is 9.36 Å². The Hall–Kier alpha value is -2.86. The summed E-state index contributed by atoms with van der Waals surface area (Å²) >= 11 is 1.40. The minimum Gasteiger partial charge on any atom is -0.496 e. The van der Waals surface area contributed by atoms with Crippen LogP contribution in [0.2, 0.25) is 0 Å². The number of ether oxygens (including phenoxy) is 1. The lowest BCUT2D eigenvalue weighted by atomic mass is 9.92. The van der Waals surface area contributed by atoms with E-state index in [-0.39, 0.29) is 5.78 Å². The molecule has 1 heterocycles. The molecule has 2 aromatic carbocycles. The van der Waals surface area contributed by atoms with Gasteiger partial charge in [0.2, 0.25) is 0 Å². The number of allylic oxidation sites excluding steroid dienone is 1. The quantitative estimate of drug-likeness (QED) is 0.279. The van der Waals surface area contributed by atoms with Gasteiger partial charge in [-0.1, -0.05) is 36.0 Å². The van der Waals surface area contributed by atoms with Gasteiger partial charge in [0.05, 0.1) is 18.4 Å². The van der Waals surface area contributed by atoms with E-state index in [0.29, 0.717) is 23.3 Å². The average molecular weight is 422 g/mol. The Bertz CT molecular complexity index is 1080. The van der Waals surface area contributed by atoms with Crippen molar-refractivity contribution < 1.29 is 9.53 Å². The van der Waals surface area contributed by atoms with Crippen LogP contribution in [0, 0.1) is 27.7 Å². The maximum atomic E-state index is 13.1. The third-order valence-electron chi connectivity index (χ3n) is 5.35. The number of aromatic nitrogens is 3. The molecule has 3 rings (SSSR count). The Kier molecular flexibility index (Phi) is 6.77. The van der Waals surface area contributed by atoms with E-state index in [0.717, 1.165) is 39.1 Å². The lowest BCUT2D eigenvalue weighted by molar-refractivity contribution is 0.102. The number of rotatable bonds is 8. The lowest BCUT2D eigenvalue weighted by Gasteiger charge is -2.14. The van der Waals surface area contributed by atoms with E-state index in [2.05, 4.69) is 22.8 Å². The second-order valence-electron chi connectivity index (χ2n) is 7.25. The van der Waals surface area contributed by atoms with Crippen molar-refractivity contribution in [1.82, 2.24) is 14.8 Å².